The molecule has 1 fully saturated rings. The highest BCUT2D eigenvalue weighted by atomic mass is 19.1. The van der Waals surface area contributed by atoms with Crippen LogP contribution in [0.2, 0.25) is 0 Å². The van der Waals surface area contributed by atoms with Crippen molar-refractivity contribution in [3.8, 4) is 6.07 Å². The largest absolute Gasteiger partial charge is 0.444 e. The Morgan fingerprint density at radius 1 is 1.36 bits per heavy atom. The molecule has 1 heterocycles. The first-order valence-electron chi connectivity index (χ1n) is 8.53. The topological polar surface area (TPSA) is 87.0 Å². The average molecular weight is 348 g/mol. The van der Waals surface area contributed by atoms with E-state index >= 15 is 0 Å². The standard InChI is InChI=1S/C18H25FN4O2/c1-11-12(10-20)9-13(19)16(21-11)22-14-7-5-6-8-15(14)23-17(24)25-18(2,3)4/h9,14-15H,5-8H2,1-4H3,(H,21,22)(H,23,24)/t14-,15+/m1/s1. The van der Waals surface area contributed by atoms with Gasteiger partial charge in [-0.3, -0.25) is 0 Å². The van der Waals surface area contributed by atoms with E-state index in [1.54, 1.807) is 6.92 Å². The maximum atomic E-state index is 14.2. The van der Waals surface area contributed by atoms with Crippen LogP contribution in [0.1, 0.15) is 57.7 Å². The monoisotopic (exact) mass is 348 g/mol. The van der Waals surface area contributed by atoms with E-state index in [2.05, 4.69) is 15.6 Å². The van der Waals surface area contributed by atoms with Gasteiger partial charge in [0.05, 0.1) is 17.3 Å². The third-order valence-electron chi connectivity index (χ3n) is 4.08. The molecule has 0 saturated heterocycles. The summed E-state index contributed by atoms with van der Waals surface area (Å²) in [7, 11) is 0. The van der Waals surface area contributed by atoms with E-state index in [4.69, 9.17) is 10.00 Å². The van der Waals surface area contributed by atoms with Crippen molar-refractivity contribution < 1.29 is 13.9 Å². The number of hydrogen-bond donors (Lipinski definition) is 2. The molecule has 7 heteroatoms. The normalized spacial score (nSPS) is 20.5. The Bertz CT molecular complexity index is 679. The summed E-state index contributed by atoms with van der Waals surface area (Å²) in [6.45, 7) is 7.09. The second kappa shape index (κ2) is 7.68. The summed E-state index contributed by atoms with van der Waals surface area (Å²) in [4.78, 5) is 16.2. The van der Waals surface area contributed by atoms with Crippen LogP contribution in [0.3, 0.4) is 0 Å². The molecule has 1 aromatic heterocycles. The van der Waals surface area contributed by atoms with Crippen LogP contribution >= 0.6 is 0 Å². The molecule has 136 valence electrons. The average Bonchev–Trinajstić information content (AvgIpc) is 2.50. The maximum Gasteiger partial charge on any atom is 0.407 e. The molecule has 0 bridgehead atoms. The number of nitrogens with one attached hydrogen (secondary N) is 2. The lowest BCUT2D eigenvalue weighted by atomic mass is 9.90. The smallest absolute Gasteiger partial charge is 0.407 e. The molecule has 0 aliphatic heterocycles. The number of amides is 1. The summed E-state index contributed by atoms with van der Waals surface area (Å²) in [6.07, 6.45) is 3.08. The molecule has 1 amide bonds. The van der Waals surface area contributed by atoms with E-state index in [1.807, 2.05) is 26.8 Å². The van der Waals surface area contributed by atoms with Crippen LogP contribution in [0.4, 0.5) is 15.0 Å². The van der Waals surface area contributed by atoms with Gasteiger partial charge in [0, 0.05) is 6.04 Å². The lowest BCUT2D eigenvalue weighted by Gasteiger charge is -2.33. The van der Waals surface area contributed by atoms with Crippen molar-refractivity contribution in [2.75, 3.05) is 5.32 Å². The zero-order chi connectivity index (χ0) is 18.6. The first-order chi connectivity index (χ1) is 11.7. The molecule has 2 atom stereocenters. The highest BCUT2D eigenvalue weighted by molar-refractivity contribution is 5.68. The first kappa shape index (κ1) is 19.0. The minimum absolute atomic E-state index is 0.111. The molecular weight excluding hydrogens is 323 g/mol. The highest BCUT2D eigenvalue weighted by Gasteiger charge is 2.29. The minimum atomic E-state index is -0.570. The van der Waals surface area contributed by atoms with Crippen molar-refractivity contribution in [2.24, 2.45) is 0 Å². The van der Waals surface area contributed by atoms with Crippen molar-refractivity contribution in [1.29, 1.82) is 5.26 Å². The van der Waals surface area contributed by atoms with Crippen LogP contribution in [0, 0.1) is 24.1 Å². The Kier molecular flexibility index (Phi) is 5.83. The molecule has 1 saturated carbocycles. The molecule has 1 aromatic rings. The van der Waals surface area contributed by atoms with Gasteiger partial charge in [-0.15, -0.1) is 0 Å². The van der Waals surface area contributed by atoms with Crippen LogP contribution in [-0.4, -0.2) is 28.8 Å². The molecule has 25 heavy (non-hydrogen) atoms. The fourth-order valence-corrected chi connectivity index (χ4v) is 2.91. The third kappa shape index (κ3) is 5.31. The Morgan fingerprint density at radius 2 is 2.00 bits per heavy atom. The lowest BCUT2D eigenvalue weighted by molar-refractivity contribution is 0.0488. The SMILES string of the molecule is Cc1nc(N[C@@H]2CCCC[C@@H]2NC(=O)OC(C)(C)C)c(F)cc1C#N. The van der Waals surface area contributed by atoms with Crippen molar-refractivity contribution in [3.05, 3.63) is 23.1 Å². The minimum Gasteiger partial charge on any atom is -0.444 e. The van der Waals surface area contributed by atoms with Gasteiger partial charge in [-0.2, -0.15) is 5.26 Å². The number of aromatic nitrogens is 1. The number of pyridine rings is 1. The van der Waals surface area contributed by atoms with Gasteiger partial charge in [-0.25, -0.2) is 14.2 Å². The van der Waals surface area contributed by atoms with Crippen molar-refractivity contribution in [1.82, 2.24) is 10.3 Å². The molecule has 2 rings (SSSR count). The number of nitrogens with zero attached hydrogens (tertiary/aromatic N) is 2. The van der Waals surface area contributed by atoms with Crippen LogP contribution in [0.15, 0.2) is 6.07 Å². The number of halogens is 1. The molecule has 1 aliphatic carbocycles. The summed E-state index contributed by atoms with van der Waals surface area (Å²) in [5, 5.41) is 14.9. The fourth-order valence-electron chi connectivity index (χ4n) is 2.91. The molecule has 2 N–H and O–H groups in total. The third-order valence-corrected chi connectivity index (χ3v) is 4.08. The second-order valence-corrected chi connectivity index (χ2v) is 7.35. The molecule has 0 unspecified atom stereocenters. The number of aryl methyl sites for hydroxylation is 1. The van der Waals surface area contributed by atoms with E-state index in [0.29, 0.717) is 5.69 Å². The number of nitriles is 1. The van der Waals surface area contributed by atoms with Crippen LogP contribution < -0.4 is 10.6 Å². The van der Waals surface area contributed by atoms with Gasteiger partial charge in [0.1, 0.15) is 11.7 Å². The molecule has 0 spiro atoms. The summed E-state index contributed by atoms with van der Waals surface area (Å²) >= 11 is 0. The van der Waals surface area contributed by atoms with Gasteiger partial charge in [0.15, 0.2) is 11.6 Å². The number of ether oxygens (including phenoxy) is 1. The number of carbonyl (C=O) groups is 1. The van der Waals surface area contributed by atoms with Gasteiger partial charge in [0.25, 0.3) is 0 Å². The van der Waals surface area contributed by atoms with E-state index in [1.165, 1.54) is 6.07 Å². The van der Waals surface area contributed by atoms with E-state index in [9.17, 15) is 9.18 Å². The summed E-state index contributed by atoms with van der Waals surface area (Å²) in [5.74, 6) is -0.455. The molecule has 6 nitrogen and oxygen atoms in total. The molecule has 0 radical (unpaired) electrons. The second-order valence-electron chi connectivity index (χ2n) is 7.35. The zero-order valence-corrected chi connectivity index (χ0v) is 15.1. The molecule has 0 aromatic carbocycles. The Balaban J connectivity index is 2.10. The number of rotatable bonds is 3. The van der Waals surface area contributed by atoms with E-state index in [0.717, 1.165) is 25.7 Å². The van der Waals surface area contributed by atoms with Crippen molar-refractivity contribution in [2.45, 2.75) is 71.1 Å². The quantitative estimate of drug-likeness (QED) is 0.871. The lowest BCUT2D eigenvalue weighted by Crippen LogP contribution is -2.50. The zero-order valence-electron chi connectivity index (χ0n) is 15.1. The maximum absolute atomic E-state index is 14.2. The summed E-state index contributed by atoms with van der Waals surface area (Å²) in [5.41, 5.74) is 0.119. The Labute approximate surface area is 147 Å². The van der Waals surface area contributed by atoms with Crippen LogP contribution in [-0.2, 0) is 4.74 Å². The van der Waals surface area contributed by atoms with E-state index in [-0.39, 0.29) is 23.5 Å². The van der Waals surface area contributed by atoms with Gasteiger partial charge in [0.2, 0.25) is 0 Å². The summed E-state index contributed by atoms with van der Waals surface area (Å²) < 4.78 is 19.5. The number of carbonyl (C=O) groups excluding carboxylic acids is 1. The van der Waals surface area contributed by atoms with Crippen molar-refractivity contribution >= 4 is 11.9 Å². The van der Waals surface area contributed by atoms with Gasteiger partial charge in [-0.1, -0.05) is 12.8 Å². The highest BCUT2D eigenvalue weighted by Crippen LogP contribution is 2.24. The number of alkyl carbamates (subject to hydrolysis) is 1. The predicted molar refractivity (Wildman–Crippen MR) is 92.7 cm³/mol. The molecule has 1 aliphatic rings. The van der Waals surface area contributed by atoms with Crippen molar-refractivity contribution in [3.63, 3.8) is 0 Å². The fraction of sp³-hybridized carbons (Fsp3) is 0.611. The van der Waals surface area contributed by atoms with Gasteiger partial charge < -0.3 is 15.4 Å². The first-order valence-corrected chi connectivity index (χ1v) is 8.53. The van der Waals surface area contributed by atoms with Gasteiger partial charge >= 0.3 is 6.09 Å². The van der Waals surface area contributed by atoms with Crippen LogP contribution in [0.5, 0.6) is 0 Å². The van der Waals surface area contributed by atoms with Gasteiger partial charge in [-0.05, 0) is 46.6 Å². The Hall–Kier alpha value is -2.36. The molecular formula is C18H25FN4O2. The number of hydrogen-bond acceptors (Lipinski definition) is 5. The summed E-state index contributed by atoms with van der Waals surface area (Å²) in [6, 6.07) is 2.80. The van der Waals surface area contributed by atoms with E-state index < -0.39 is 17.5 Å². The predicted octanol–water partition coefficient (Wildman–Crippen LogP) is 3.65. The Morgan fingerprint density at radius 3 is 2.60 bits per heavy atom. The number of anilines is 1. The van der Waals surface area contributed by atoms with Crippen LogP contribution in [0.25, 0.3) is 0 Å².